The molecule has 0 saturated heterocycles. The van der Waals surface area contributed by atoms with Gasteiger partial charge in [0.05, 0.1) is 18.5 Å². The monoisotopic (exact) mass is 482 g/mol. The lowest BCUT2D eigenvalue weighted by atomic mass is 9.85. The topological polar surface area (TPSA) is 56.9 Å². The van der Waals surface area contributed by atoms with Crippen LogP contribution in [0.25, 0.3) is 6.08 Å². The van der Waals surface area contributed by atoms with Gasteiger partial charge in [-0.25, -0.2) is 9.37 Å². The quantitative estimate of drug-likeness (QED) is 0.348. The molecule has 1 aliphatic rings. The molecule has 0 radical (unpaired) electrons. The highest BCUT2D eigenvalue weighted by Crippen LogP contribution is 2.47. The molecule has 4 rings (SSSR count). The molecule has 7 heteroatoms. The summed E-state index contributed by atoms with van der Waals surface area (Å²) < 4.78 is 31.9. The first kappa shape index (κ1) is 24.2. The molecule has 0 spiro atoms. The van der Waals surface area contributed by atoms with Gasteiger partial charge < -0.3 is 13.9 Å². The number of hydrogen-bond acceptors (Lipinski definition) is 5. The van der Waals surface area contributed by atoms with Crippen LogP contribution in [-0.2, 0) is 16.8 Å². The van der Waals surface area contributed by atoms with E-state index in [1.165, 1.54) is 12.1 Å². The molecule has 34 heavy (non-hydrogen) atoms. The van der Waals surface area contributed by atoms with E-state index in [9.17, 15) is 4.39 Å². The molecule has 178 valence electrons. The third-order valence-electron chi connectivity index (χ3n) is 5.93. The molecule has 1 aromatic heterocycles. The number of oxazole rings is 1. The first-order valence-electron chi connectivity index (χ1n) is 11.1. The maximum Gasteiger partial charge on any atom is 0.191 e. The van der Waals surface area contributed by atoms with Crippen molar-refractivity contribution < 1.29 is 18.3 Å². The largest absolute Gasteiger partial charge is 0.496 e. The van der Waals surface area contributed by atoms with Gasteiger partial charge in [0.25, 0.3) is 0 Å². The lowest BCUT2D eigenvalue weighted by Crippen LogP contribution is -2.39. The van der Waals surface area contributed by atoms with Crippen molar-refractivity contribution in [1.29, 1.82) is 0 Å². The molecule has 2 heterocycles. The van der Waals surface area contributed by atoms with Gasteiger partial charge in [0.2, 0.25) is 0 Å². The van der Waals surface area contributed by atoms with E-state index in [0.717, 1.165) is 22.6 Å². The molecule has 2 atom stereocenters. The lowest BCUT2D eigenvalue weighted by Gasteiger charge is -2.34. The van der Waals surface area contributed by atoms with E-state index in [1.807, 2.05) is 63.3 Å². The van der Waals surface area contributed by atoms with Crippen LogP contribution in [0.4, 0.5) is 4.39 Å². The summed E-state index contributed by atoms with van der Waals surface area (Å²) in [5.41, 5.74) is 1.14. The Morgan fingerprint density at radius 1 is 1.12 bits per heavy atom. The Balaban J connectivity index is 1.83. The number of nitrogens with zero attached hydrogens (tertiary/aromatic N) is 2. The third-order valence-corrected chi connectivity index (χ3v) is 6.12. The van der Waals surface area contributed by atoms with Crippen molar-refractivity contribution in [2.45, 2.75) is 44.9 Å². The number of para-hydroxylation sites is 1. The van der Waals surface area contributed by atoms with Gasteiger partial charge in [0, 0.05) is 31.2 Å². The number of aliphatic imine (C=N–C) groups is 1. The van der Waals surface area contributed by atoms with Gasteiger partial charge in [-0.15, -0.1) is 11.6 Å². The van der Waals surface area contributed by atoms with Crippen LogP contribution in [0.15, 0.2) is 64.0 Å². The second-order valence-electron chi connectivity index (χ2n) is 8.54. The standard InChI is InChI=1S/C27H28ClFN2O3/c1-18-23(30-19(2)33-18)17-26(3)31-25(13-12-20-8-7-9-21(29)16-20)27(34-26,14-15-28)22-10-5-6-11-24(22)32-4/h5-13,16H,14-15,17H2,1-4H3. The smallest absolute Gasteiger partial charge is 0.191 e. The molecule has 0 bridgehead atoms. The molecule has 0 N–H and O–H groups in total. The average Bonchev–Trinajstić information content (AvgIpc) is 3.27. The summed E-state index contributed by atoms with van der Waals surface area (Å²) in [6.45, 7) is 5.63. The van der Waals surface area contributed by atoms with Gasteiger partial charge in [-0.2, -0.15) is 0 Å². The SMILES string of the molecule is COc1ccccc1C1(CCCl)OC(C)(Cc2nc(C)oc2C)N=C1C=Cc1cccc(F)c1. The van der Waals surface area contributed by atoms with Crippen LogP contribution in [-0.4, -0.2) is 29.4 Å². The van der Waals surface area contributed by atoms with Gasteiger partial charge in [-0.05, 0) is 43.7 Å². The second kappa shape index (κ2) is 9.72. The number of halogens is 2. The predicted octanol–water partition coefficient (Wildman–Crippen LogP) is 6.41. The third kappa shape index (κ3) is 4.79. The van der Waals surface area contributed by atoms with Gasteiger partial charge >= 0.3 is 0 Å². The van der Waals surface area contributed by atoms with E-state index in [2.05, 4.69) is 4.98 Å². The zero-order valence-electron chi connectivity index (χ0n) is 19.8. The van der Waals surface area contributed by atoms with Crippen molar-refractivity contribution in [2.75, 3.05) is 13.0 Å². The fourth-order valence-electron chi connectivity index (χ4n) is 4.49. The maximum absolute atomic E-state index is 13.8. The first-order valence-corrected chi connectivity index (χ1v) is 11.7. The summed E-state index contributed by atoms with van der Waals surface area (Å²) in [7, 11) is 1.63. The Bertz CT molecular complexity index is 1240. The minimum absolute atomic E-state index is 0.301. The number of hydrogen-bond donors (Lipinski definition) is 0. The van der Waals surface area contributed by atoms with Crippen LogP contribution in [0.1, 0.15) is 41.8 Å². The van der Waals surface area contributed by atoms with Crippen LogP contribution < -0.4 is 4.74 Å². The van der Waals surface area contributed by atoms with Crippen molar-refractivity contribution in [3.8, 4) is 5.75 Å². The van der Waals surface area contributed by atoms with E-state index in [0.29, 0.717) is 36.1 Å². The molecule has 2 aromatic carbocycles. The molecule has 3 aromatic rings. The van der Waals surface area contributed by atoms with Gasteiger partial charge in [0.15, 0.2) is 11.6 Å². The summed E-state index contributed by atoms with van der Waals surface area (Å²) in [6.07, 6.45) is 4.60. The number of rotatable bonds is 8. The predicted molar refractivity (Wildman–Crippen MR) is 132 cm³/mol. The van der Waals surface area contributed by atoms with Crippen molar-refractivity contribution in [3.05, 3.63) is 88.9 Å². The summed E-state index contributed by atoms with van der Waals surface area (Å²) in [5, 5.41) is 0. The fourth-order valence-corrected chi connectivity index (χ4v) is 4.76. The maximum atomic E-state index is 13.8. The van der Waals surface area contributed by atoms with Crippen LogP contribution >= 0.6 is 11.6 Å². The zero-order chi connectivity index (χ0) is 24.3. The molecule has 1 aliphatic heterocycles. The molecular weight excluding hydrogens is 455 g/mol. The van der Waals surface area contributed by atoms with Crippen LogP contribution in [0.2, 0.25) is 0 Å². The van der Waals surface area contributed by atoms with Gasteiger partial charge in [0.1, 0.15) is 22.9 Å². The number of ether oxygens (including phenoxy) is 2. The Labute approximate surface area is 204 Å². The van der Waals surface area contributed by atoms with Gasteiger partial charge in [-0.1, -0.05) is 36.4 Å². The Morgan fingerprint density at radius 2 is 1.91 bits per heavy atom. The molecule has 0 amide bonds. The molecule has 0 aliphatic carbocycles. The highest BCUT2D eigenvalue weighted by Gasteiger charge is 2.51. The first-order chi connectivity index (χ1) is 16.3. The van der Waals surface area contributed by atoms with E-state index in [-0.39, 0.29) is 5.82 Å². The summed E-state index contributed by atoms with van der Waals surface area (Å²) in [6, 6.07) is 14.1. The minimum atomic E-state index is -0.959. The normalized spacial score (nSPS) is 22.4. The summed E-state index contributed by atoms with van der Waals surface area (Å²) >= 11 is 6.32. The van der Waals surface area contributed by atoms with Crippen molar-refractivity contribution in [2.24, 2.45) is 4.99 Å². The van der Waals surface area contributed by atoms with Crippen LogP contribution in [0, 0.1) is 19.7 Å². The van der Waals surface area contributed by atoms with Crippen LogP contribution in [0.5, 0.6) is 5.75 Å². The number of methoxy groups -OCH3 is 1. The fraction of sp³-hybridized carbons (Fsp3) is 0.333. The molecule has 5 nitrogen and oxygen atoms in total. The minimum Gasteiger partial charge on any atom is -0.496 e. The summed E-state index contributed by atoms with van der Waals surface area (Å²) in [4.78, 5) is 9.57. The number of aryl methyl sites for hydroxylation is 2. The van der Waals surface area contributed by atoms with E-state index >= 15 is 0 Å². The van der Waals surface area contributed by atoms with Crippen LogP contribution in [0.3, 0.4) is 0 Å². The number of benzene rings is 2. The summed E-state index contributed by atoms with van der Waals surface area (Å²) in [5.74, 6) is 2.05. The zero-order valence-corrected chi connectivity index (χ0v) is 20.5. The molecule has 0 saturated carbocycles. The highest BCUT2D eigenvalue weighted by atomic mass is 35.5. The number of aromatic nitrogens is 1. The Morgan fingerprint density at radius 3 is 2.59 bits per heavy atom. The number of alkyl halides is 1. The molecular formula is C27H28ClFN2O3. The van der Waals surface area contributed by atoms with E-state index in [1.54, 1.807) is 13.2 Å². The van der Waals surface area contributed by atoms with Crippen molar-refractivity contribution >= 4 is 23.4 Å². The second-order valence-corrected chi connectivity index (χ2v) is 8.92. The van der Waals surface area contributed by atoms with E-state index < -0.39 is 11.3 Å². The Hall–Kier alpha value is -2.96. The lowest BCUT2D eigenvalue weighted by molar-refractivity contribution is -0.0937. The van der Waals surface area contributed by atoms with Crippen molar-refractivity contribution in [3.63, 3.8) is 0 Å². The molecule has 0 fully saturated rings. The molecule has 2 unspecified atom stereocenters. The Kier molecular flexibility index (Phi) is 6.91. The van der Waals surface area contributed by atoms with Crippen molar-refractivity contribution in [1.82, 2.24) is 4.98 Å². The van der Waals surface area contributed by atoms with Gasteiger partial charge in [-0.3, -0.25) is 4.99 Å². The van der Waals surface area contributed by atoms with E-state index in [4.69, 9.17) is 30.5 Å². The highest BCUT2D eigenvalue weighted by molar-refractivity contribution is 6.18. The average molecular weight is 483 g/mol.